The van der Waals surface area contributed by atoms with Crippen molar-refractivity contribution < 1.29 is 22.7 Å². The molecule has 3 aromatic rings. The minimum Gasteiger partial charge on any atom is -0.481 e. The summed E-state index contributed by atoms with van der Waals surface area (Å²) in [6.45, 7) is 0. The average molecular weight is 385 g/mol. The number of aliphatic carboxylic acids is 1. The predicted octanol–water partition coefficient (Wildman–Crippen LogP) is 3.82. The fourth-order valence-corrected chi connectivity index (χ4v) is 3.33. The Balaban J connectivity index is 1.99. The second kappa shape index (κ2) is 7.75. The molecular weight excluding hydrogens is 366 g/mol. The third-order valence-corrected chi connectivity index (χ3v) is 5.17. The predicted molar refractivity (Wildman–Crippen MR) is 101 cm³/mol. The number of oxazole rings is 1. The molecule has 0 bridgehead atoms. The Morgan fingerprint density at radius 2 is 1.70 bits per heavy atom. The van der Waals surface area contributed by atoms with Crippen LogP contribution in [0.3, 0.4) is 0 Å². The molecule has 27 heavy (non-hydrogen) atoms. The van der Waals surface area contributed by atoms with Crippen LogP contribution in [0.2, 0.25) is 0 Å². The first-order chi connectivity index (χ1) is 12.8. The van der Waals surface area contributed by atoms with Gasteiger partial charge in [-0.25, -0.2) is 13.4 Å². The van der Waals surface area contributed by atoms with Crippen molar-refractivity contribution in [1.82, 2.24) is 4.98 Å². The molecule has 140 valence electrons. The Labute approximate surface area is 157 Å². The standard InChI is InChI=1S/C20H19NO5S/c1-27(24,25)16-12-10-14(11-13-16)19-20(15-6-3-2-4-7-15)26-17(21-19)8-5-9-18(22)23/h2-4,6-7,10-13H,5,8-9H2,1H3,(H,22,23). The Kier molecular flexibility index (Phi) is 5.41. The van der Waals surface area contributed by atoms with Crippen molar-refractivity contribution in [2.45, 2.75) is 24.2 Å². The summed E-state index contributed by atoms with van der Waals surface area (Å²) in [5.74, 6) is 0.173. The highest BCUT2D eigenvalue weighted by Gasteiger charge is 2.18. The number of hydrogen-bond donors (Lipinski definition) is 1. The molecule has 0 saturated carbocycles. The monoisotopic (exact) mass is 385 g/mol. The van der Waals surface area contributed by atoms with Crippen molar-refractivity contribution >= 4 is 15.8 Å². The molecule has 0 saturated heterocycles. The molecule has 0 unspecified atom stereocenters. The maximum absolute atomic E-state index is 11.7. The lowest BCUT2D eigenvalue weighted by molar-refractivity contribution is -0.137. The largest absolute Gasteiger partial charge is 0.481 e. The van der Waals surface area contributed by atoms with E-state index in [1.807, 2.05) is 30.3 Å². The molecule has 3 rings (SSSR count). The fraction of sp³-hybridized carbons (Fsp3) is 0.200. The van der Waals surface area contributed by atoms with E-state index in [2.05, 4.69) is 4.98 Å². The van der Waals surface area contributed by atoms with Crippen LogP contribution < -0.4 is 0 Å². The van der Waals surface area contributed by atoms with E-state index in [4.69, 9.17) is 9.52 Å². The lowest BCUT2D eigenvalue weighted by Crippen LogP contribution is -1.96. The highest BCUT2D eigenvalue weighted by molar-refractivity contribution is 7.90. The van der Waals surface area contributed by atoms with Crippen molar-refractivity contribution in [3.05, 3.63) is 60.5 Å². The first-order valence-corrected chi connectivity index (χ1v) is 10.3. The Morgan fingerprint density at radius 1 is 1.04 bits per heavy atom. The molecule has 0 atom stereocenters. The number of carbonyl (C=O) groups is 1. The van der Waals surface area contributed by atoms with Gasteiger partial charge in [0, 0.05) is 30.2 Å². The van der Waals surface area contributed by atoms with Crippen LogP contribution in [0.4, 0.5) is 0 Å². The molecule has 1 N–H and O–H groups in total. The van der Waals surface area contributed by atoms with Crippen molar-refractivity contribution in [2.24, 2.45) is 0 Å². The molecular formula is C20H19NO5S. The Morgan fingerprint density at radius 3 is 2.30 bits per heavy atom. The number of rotatable bonds is 7. The first kappa shape index (κ1) is 18.8. The van der Waals surface area contributed by atoms with Gasteiger partial charge in [-0.2, -0.15) is 0 Å². The zero-order chi connectivity index (χ0) is 19.4. The minimum absolute atomic E-state index is 0.0431. The van der Waals surface area contributed by atoms with Gasteiger partial charge in [0.1, 0.15) is 5.69 Å². The number of aryl methyl sites for hydroxylation is 1. The number of hydrogen-bond acceptors (Lipinski definition) is 5. The molecule has 7 heteroatoms. The van der Waals surface area contributed by atoms with E-state index in [0.29, 0.717) is 30.2 Å². The molecule has 0 aliphatic rings. The van der Waals surface area contributed by atoms with Gasteiger partial charge in [-0.05, 0) is 18.6 Å². The third kappa shape index (κ3) is 4.62. The number of sulfone groups is 1. The van der Waals surface area contributed by atoms with Crippen molar-refractivity contribution in [3.63, 3.8) is 0 Å². The lowest BCUT2D eigenvalue weighted by atomic mass is 10.1. The molecule has 0 aliphatic heterocycles. The van der Waals surface area contributed by atoms with E-state index in [1.54, 1.807) is 12.1 Å². The highest BCUT2D eigenvalue weighted by atomic mass is 32.2. The zero-order valence-corrected chi connectivity index (χ0v) is 15.6. The van der Waals surface area contributed by atoms with E-state index in [9.17, 15) is 13.2 Å². The van der Waals surface area contributed by atoms with Crippen LogP contribution in [-0.4, -0.2) is 30.7 Å². The average Bonchev–Trinajstić information content (AvgIpc) is 3.06. The summed E-state index contributed by atoms with van der Waals surface area (Å²) in [4.78, 5) is 15.5. The number of benzene rings is 2. The number of carboxylic acid groups (broad SMARTS) is 1. The zero-order valence-electron chi connectivity index (χ0n) is 14.8. The SMILES string of the molecule is CS(=O)(=O)c1ccc(-c2nc(CCCC(=O)O)oc2-c2ccccc2)cc1. The summed E-state index contributed by atoms with van der Waals surface area (Å²) in [5.41, 5.74) is 2.18. The summed E-state index contributed by atoms with van der Waals surface area (Å²) in [6, 6.07) is 15.9. The van der Waals surface area contributed by atoms with Gasteiger partial charge in [-0.15, -0.1) is 0 Å². The Hall–Kier alpha value is -2.93. The molecule has 1 aromatic heterocycles. The number of aromatic nitrogens is 1. The van der Waals surface area contributed by atoms with Gasteiger partial charge in [0.25, 0.3) is 0 Å². The first-order valence-electron chi connectivity index (χ1n) is 8.42. The highest BCUT2D eigenvalue weighted by Crippen LogP contribution is 2.33. The van der Waals surface area contributed by atoms with Crippen LogP contribution in [0.1, 0.15) is 18.7 Å². The molecule has 0 spiro atoms. The van der Waals surface area contributed by atoms with Crippen LogP contribution >= 0.6 is 0 Å². The molecule has 0 fully saturated rings. The molecule has 2 aromatic carbocycles. The van der Waals surface area contributed by atoms with Crippen LogP contribution in [0.15, 0.2) is 63.9 Å². The second-order valence-electron chi connectivity index (χ2n) is 6.20. The molecule has 1 heterocycles. The summed E-state index contributed by atoms with van der Waals surface area (Å²) in [5, 5.41) is 8.80. The second-order valence-corrected chi connectivity index (χ2v) is 8.21. The van der Waals surface area contributed by atoms with Gasteiger partial charge in [0.15, 0.2) is 21.5 Å². The van der Waals surface area contributed by atoms with Crippen molar-refractivity contribution in [3.8, 4) is 22.6 Å². The van der Waals surface area contributed by atoms with E-state index < -0.39 is 15.8 Å². The van der Waals surface area contributed by atoms with E-state index in [1.165, 1.54) is 12.1 Å². The maximum atomic E-state index is 11.7. The van der Waals surface area contributed by atoms with Crippen LogP contribution in [0.25, 0.3) is 22.6 Å². The van der Waals surface area contributed by atoms with Crippen molar-refractivity contribution in [1.29, 1.82) is 0 Å². The topological polar surface area (TPSA) is 97.5 Å². The van der Waals surface area contributed by atoms with Crippen LogP contribution in [0.5, 0.6) is 0 Å². The van der Waals surface area contributed by atoms with Crippen molar-refractivity contribution in [2.75, 3.05) is 6.26 Å². The van der Waals surface area contributed by atoms with Gasteiger partial charge < -0.3 is 9.52 Å². The minimum atomic E-state index is -3.28. The van der Waals surface area contributed by atoms with Crippen LogP contribution in [0, 0.1) is 0 Å². The molecule has 0 amide bonds. The number of carboxylic acids is 1. The maximum Gasteiger partial charge on any atom is 0.303 e. The summed E-state index contributed by atoms with van der Waals surface area (Å²) in [7, 11) is -3.28. The van der Waals surface area contributed by atoms with Gasteiger partial charge in [-0.1, -0.05) is 42.5 Å². The van der Waals surface area contributed by atoms with Gasteiger partial charge in [0.2, 0.25) is 0 Å². The molecule has 0 radical (unpaired) electrons. The molecule has 6 nitrogen and oxygen atoms in total. The van der Waals surface area contributed by atoms with Gasteiger partial charge in [-0.3, -0.25) is 4.79 Å². The third-order valence-electron chi connectivity index (χ3n) is 4.04. The Bertz CT molecular complexity index is 1040. The molecule has 0 aliphatic carbocycles. The van der Waals surface area contributed by atoms with Crippen LogP contribution in [-0.2, 0) is 21.1 Å². The summed E-state index contributed by atoms with van der Waals surface area (Å²) in [6.07, 6.45) is 2.04. The van der Waals surface area contributed by atoms with E-state index in [0.717, 1.165) is 17.4 Å². The van der Waals surface area contributed by atoms with E-state index in [-0.39, 0.29) is 11.3 Å². The smallest absolute Gasteiger partial charge is 0.303 e. The summed E-state index contributed by atoms with van der Waals surface area (Å²) >= 11 is 0. The van der Waals surface area contributed by atoms with Gasteiger partial charge >= 0.3 is 5.97 Å². The fourth-order valence-electron chi connectivity index (χ4n) is 2.70. The quantitative estimate of drug-likeness (QED) is 0.664. The van der Waals surface area contributed by atoms with E-state index >= 15 is 0 Å². The van der Waals surface area contributed by atoms with Gasteiger partial charge in [0.05, 0.1) is 4.90 Å². The number of nitrogens with zero attached hydrogens (tertiary/aromatic N) is 1. The summed E-state index contributed by atoms with van der Waals surface area (Å²) < 4.78 is 29.2. The normalized spacial score (nSPS) is 11.4. The lowest BCUT2D eigenvalue weighted by Gasteiger charge is -2.03.